The molecule has 2 aliphatic carbocycles. The maximum Gasteiger partial charge on any atom is 0.0138 e. The average Bonchev–Trinajstić information content (AvgIpc) is 2.82. The van der Waals surface area contributed by atoms with Crippen LogP contribution in [0.1, 0.15) is 30.4 Å². The SMILES string of the molecule is CNC(Cc1ccc(C)cc1)C1C2CCCC21. The van der Waals surface area contributed by atoms with Gasteiger partial charge in [-0.1, -0.05) is 36.2 Å². The molecule has 0 aromatic heterocycles. The molecule has 0 amide bonds. The molecule has 3 rings (SSSR count). The van der Waals surface area contributed by atoms with Crippen molar-refractivity contribution in [2.75, 3.05) is 7.05 Å². The van der Waals surface area contributed by atoms with Crippen LogP contribution in [0, 0.1) is 24.7 Å². The van der Waals surface area contributed by atoms with Crippen LogP contribution in [0.2, 0.25) is 0 Å². The molecule has 0 heterocycles. The number of likely N-dealkylation sites (N-methyl/N-ethyl adjacent to an activating group) is 1. The molecule has 2 fully saturated rings. The van der Waals surface area contributed by atoms with E-state index in [1.165, 1.54) is 36.8 Å². The fourth-order valence-electron chi connectivity index (χ4n) is 3.88. The van der Waals surface area contributed by atoms with E-state index >= 15 is 0 Å². The molecule has 2 saturated carbocycles. The Balaban J connectivity index is 1.64. The highest BCUT2D eigenvalue weighted by Gasteiger charge is 2.55. The minimum atomic E-state index is 0.702. The third-order valence-electron chi connectivity index (χ3n) is 4.88. The van der Waals surface area contributed by atoms with E-state index in [9.17, 15) is 0 Å². The van der Waals surface area contributed by atoms with Crippen LogP contribution in [0.4, 0.5) is 0 Å². The second-order valence-electron chi connectivity index (χ2n) is 5.92. The molecule has 3 unspecified atom stereocenters. The molecule has 1 N–H and O–H groups in total. The maximum atomic E-state index is 3.56. The summed E-state index contributed by atoms with van der Waals surface area (Å²) in [7, 11) is 2.13. The van der Waals surface area contributed by atoms with Crippen LogP contribution >= 0.6 is 0 Å². The van der Waals surface area contributed by atoms with Crippen LogP contribution in [-0.4, -0.2) is 13.1 Å². The van der Waals surface area contributed by atoms with Crippen molar-refractivity contribution in [1.29, 1.82) is 0 Å². The van der Waals surface area contributed by atoms with Gasteiger partial charge in [0, 0.05) is 6.04 Å². The molecule has 1 aromatic carbocycles. The zero-order chi connectivity index (χ0) is 11.8. The molecule has 3 atom stereocenters. The first-order chi connectivity index (χ1) is 8.29. The molecule has 1 heteroatoms. The number of nitrogens with one attached hydrogen (secondary N) is 1. The van der Waals surface area contributed by atoms with Gasteiger partial charge >= 0.3 is 0 Å². The normalized spacial score (nSPS) is 32.2. The van der Waals surface area contributed by atoms with Gasteiger partial charge in [-0.2, -0.15) is 0 Å². The van der Waals surface area contributed by atoms with Gasteiger partial charge in [0.25, 0.3) is 0 Å². The van der Waals surface area contributed by atoms with Crippen molar-refractivity contribution in [3.05, 3.63) is 35.4 Å². The Morgan fingerprint density at radius 1 is 1.18 bits per heavy atom. The zero-order valence-corrected chi connectivity index (χ0v) is 10.9. The van der Waals surface area contributed by atoms with Gasteiger partial charge < -0.3 is 5.32 Å². The minimum absolute atomic E-state index is 0.702. The first-order valence-corrected chi connectivity index (χ1v) is 7.02. The lowest BCUT2D eigenvalue weighted by molar-refractivity contribution is 0.428. The fourth-order valence-corrected chi connectivity index (χ4v) is 3.88. The number of rotatable bonds is 4. The summed E-state index contributed by atoms with van der Waals surface area (Å²) < 4.78 is 0. The largest absolute Gasteiger partial charge is 0.316 e. The second kappa shape index (κ2) is 4.45. The van der Waals surface area contributed by atoms with Gasteiger partial charge in [-0.15, -0.1) is 0 Å². The highest BCUT2D eigenvalue weighted by Crippen LogP contribution is 2.59. The predicted octanol–water partition coefficient (Wildman–Crippen LogP) is 3.17. The lowest BCUT2D eigenvalue weighted by Crippen LogP contribution is -2.31. The quantitative estimate of drug-likeness (QED) is 0.836. The van der Waals surface area contributed by atoms with Crippen molar-refractivity contribution in [1.82, 2.24) is 5.32 Å². The molecule has 0 bridgehead atoms. The number of fused-ring (bicyclic) bond motifs is 1. The summed E-state index contributed by atoms with van der Waals surface area (Å²) in [6.45, 7) is 2.16. The summed E-state index contributed by atoms with van der Waals surface area (Å²) in [6, 6.07) is 9.74. The van der Waals surface area contributed by atoms with Crippen LogP contribution in [0.5, 0.6) is 0 Å². The standard InChI is InChI=1S/C16H23N/c1-11-6-8-12(9-7-11)10-15(17-2)16-13-4-3-5-14(13)16/h6-9,13-17H,3-5,10H2,1-2H3. The van der Waals surface area contributed by atoms with Gasteiger partial charge in [0.1, 0.15) is 0 Å². The first kappa shape index (κ1) is 11.3. The van der Waals surface area contributed by atoms with E-state index in [1.807, 2.05) is 0 Å². The van der Waals surface area contributed by atoms with Gasteiger partial charge in [0.2, 0.25) is 0 Å². The summed E-state index contributed by atoms with van der Waals surface area (Å²) in [6.07, 6.45) is 5.66. The third kappa shape index (κ3) is 2.13. The van der Waals surface area contributed by atoms with E-state index < -0.39 is 0 Å². The molecule has 1 nitrogen and oxygen atoms in total. The van der Waals surface area contributed by atoms with Crippen LogP contribution in [0.15, 0.2) is 24.3 Å². The molecule has 17 heavy (non-hydrogen) atoms. The smallest absolute Gasteiger partial charge is 0.0138 e. The predicted molar refractivity (Wildman–Crippen MR) is 72.1 cm³/mol. The zero-order valence-electron chi connectivity index (χ0n) is 10.9. The molecule has 0 aliphatic heterocycles. The van der Waals surface area contributed by atoms with E-state index in [0.717, 1.165) is 17.8 Å². The Kier molecular flexibility index (Phi) is 2.96. The van der Waals surface area contributed by atoms with Crippen LogP contribution in [0.3, 0.4) is 0 Å². The molecule has 0 spiro atoms. The van der Waals surface area contributed by atoms with Crippen molar-refractivity contribution in [3.63, 3.8) is 0 Å². The van der Waals surface area contributed by atoms with Gasteiger partial charge in [0.15, 0.2) is 0 Å². The lowest BCUT2D eigenvalue weighted by Gasteiger charge is -2.18. The van der Waals surface area contributed by atoms with Crippen LogP contribution in [0.25, 0.3) is 0 Å². The lowest BCUT2D eigenvalue weighted by atomic mass is 9.97. The summed E-state index contributed by atoms with van der Waals surface area (Å²) in [5.41, 5.74) is 2.85. The molecular weight excluding hydrogens is 206 g/mol. The highest BCUT2D eigenvalue weighted by atomic mass is 14.9. The molecule has 92 valence electrons. The van der Waals surface area contributed by atoms with Gasteiger partial charge in [0.05, 0.1) is 0 Å². The summed E-state index contributed by atoms with van der Waals surface area (Å²) >= 11 is 0. The molecule has 1 aromatic rings. The monoisotopic (exact) mass is 229 g/mol. The van der Waals surface area contributed by atoms with Crippen molar-refractivity contribution in [2.45, 2.75) is 38.6 Å². The van der Waals surface area contributed by atoms with Gasteiger partial charge in [-0.05, 0) is 56.6 Å². The van der Waals surface area contributed by atoms with Gasteiger partial charge in [-0.3, -0.25) is 0 Å². The topological polar surface area (TPSA) is 12.0 Å². The van der Waals surface area contributed by atoms with Crippen molar-refractivity contribution in [2.24, 2.45) is 17.8 Å². The Morgan fingerprint density at radius 3 is 2.41 bits per heavy atom. The summed E-state index contributed by atoms with van der Waals surface area (Å²) in [5.74, 6) is 3.07. The van der Waals surface area contributed by atoms with Crippen molar-refractivity contribution < 1.29 is 0 Å². The molecule has 2 aliphatic rings. The Labute approximate surface area is 105 Å². The number of hydrogen-bond acceptors (Lipinski definition) is 1. The number of benzene rings is 1. The molecule has 0 radical (unpaired) electrons. The van der Waals surface area contributed by atoms with E-state index in [2.05, 4.69) is 43.6 Å². The molecule has 0 saturated heterocycles. The maximum absolute atomic E-state index is 3.56. The second-order valence-corrected chi connectivity index (χ2v) is 5.92. The van der Waals surface area contributed by atoms with E-state index in [-0.39, 0.29) is 0 Å². The van der Waals surface area contributed by atoms with Crippen molar-refractivity contribution >= 4 is 0 Å². The number of aryl methyl sites for hydroxylation is 1. The third-order valence-corrected chi connectivity index (χ3v) is 4.88. The van der Waals surface area contributed by atoms with Gasteiger partial charge in [-0.25, -0.2) is 0 Å². The van der Waals surface area contributed by atoms with Crippen LogP contribution < -0.4 is 5.32 Å². The molecular formula is C16H23N. The summed E-state index contributed by atoms with van der Waals surface area (Å²) in [4.78, 5) is 0. The minimum Gasteiger partial charge on any atom is -0.316 e. The Bertz CT molecular complexity index is 371. The number of hydrogen-bond donors (Lipinski definition) is 1. The van der Waals surface area contributed by atoms with E-state index in [4.69, 9.17) is 0 Å². The van der Waals surface area contributed by atoms with Crippen molar-refractivity contribution in [3.8, 4) is 0 Å². The van der Waals surface area contributed by atoms with E-state index in [0.29, 0.717) is 6.04 Å². The van der Waals surface area contributed by atoms with Crippen LogP contribution in [-0.2, 0) is 6.42 Å². The highest BCUT2D eigenvalue weighted by molar-refractivity contribution is 5.23. The van der Waals surface area contributed by atoms with E-state index in [1.54, 1.807) is 0 Å². The first-order valence-electron chi connectivity index (χ1n) is 7.02. The fraction of sp³-hybridized carbons (Fsp3) is 0.625. The Morgan fingerprint density at radius 2 is 1.82 bits per heavy atom. The Hall–Kier alpha value is -0.820. The summed E-state index contributed by atoms with van der Waals surface area (Å²) in [5, 5.41) is 3.56. The average molecular weight is 229 g/mol.